The Balaban J connectivity index is 1.24. The summed E-state index contributed by atoms with van der Waals surface area (Å²) in [5.74, 6) is 2.80. The molecular weight excluding hydrogens is 462 g/mol. The molecule has 8 heteroatoms. The molecule has 3 fully saturated rings. The van der Waals surface area contributed by atoms with Crippen LogP contribution in [0, 0.1) is 23.7 Å². The van der Waals surface area contributed by atoms with Crippen molar-refractivity contribution in [2.24, 2.45) is 28.7 Å². The maximum atomic E-state index is 13.1. The van der Waals surface area contributed by atoms with Crippen molar-refractivity contribution >= 4 is 34.7 Å². The number of hydrogen-bond acceptors (Lipinski definition) is 5. The molecule has 35 heavy (non-hydrogen) atoms. The Hall–Kier alpha value is -1.57. The number of thioether (sulfide) groups is 1. The van der Waals surface area contributed by atoms with Crippen molar-refractivity contribution in [1.82, 2.24) is 10.2 Å². The number of piperidine rings is 1. The molecule has 4 rings (SSSR count). The molecule has 2 bridgehead atoms. The summed E-state index contributed by atoms with van der Waals surface area (Å²) in [6.07, 6.45) is 8.39. The van der Waals surface area contributed by atoms with Gasteiger partial charge in [-0.1, -0.05) is 18.2 Å². The standard InChI is InChI=1S/C27H43N3O4S/c1-25(2,3)34-24(33)29-26(4,5)23(32)30-11-9-17(10-12-30)16-27(6)22(31)28-21(35-27)15-20-14-18-7-8-19(20)13-18/h17-20H,7-16H2,1-6H3,(H,29,33)/t18-,19+,20-,27?/m1/s1. The van der Waals surface area contributed by atoms with Gasteiger partial charge in [-0.2, -0.15) is 0 Å². The Morgan fingerprint density at radius 3 is 2.37 bits per heavy atom. The molecule has 196 valence electrons. The lowest BCUT2D eigenvalue weighted by atomic mass is 9.86. The van der Waals surface area contributed by atoms with Crippen LogP contribution in [0.3, 0.4) is 0 Å². The van der Waals surface area contributed by atoms with E-state index >= 15 is 0 Å². The molecule has 1 saturated heterocycles. The Kier molecular flexibility index (Phi) is 7.35. The van der Waals surface area contributed by atoms with E-state index < -0.39 is 22.0 Å². The van der Waals surface area contributed by atoms with Crippen molar-refractivity contribution in [1.29, 1.82) is 0 Å². The molecule has 0 radical (unpaired) electrons. The number of carbonyl (C=O) groups excluding carboxylic acids is 3. The summed E-state index contributed by atoms with van der Waals surface area (Å²) in [6.45, 7) is 12.2. The van der Waals surface area contributed by atoms with Crippen LogP contribution in [0.25, 0.3) is 0 Å². The van der Waals surface area contributed by atoms with E-state index in [1.165, 1.54) is 25.7 Å². The van der Waals surface area contributed by atoms with E-state index in [-0.39, 0.29) is 11.8 Å². The van der Waals surface area contributed by atoms with Gasteiger partial charge in [0.2, 0.25) is 5.91 Å². The Morgan fingerprint density at radius 2 is 1.80 bits per heavy atom. The summed E-state index contributed by atoms with van der Waals surface area (Å²) in [5.41, 5.74) is -1.66. The first-order chi connectivity index (χ1) is 16.2. The largest absolute Gasteiger partial charge is 0.444 e. The fourth-order valence-electron chi connectivity index (χ4n) is 6.52. The van der Waals surface area contributed by atoms with E-state index in [1.54, 1.807) is 46.4 Å². The lowest BCUT2D eigenvalue weighted by Gasteiger charge is -2.38. The minimum Gasteiger partial charge on any atom is -0.444 e. The quantitative estimate of drug-likeness (QED) is 0.538. The monoisotopic (exact) mass is 505 g/mol. The smallest absolute Gasteiger partial charge is 0.408 e. The minimum absolute atomic E-state index is 0.0295. The van der Waals surface area contributed by atoms with E-state index in [4.69, 9.17) is 4.74 Å². The first-order valence-corrected chi connectivity index (χ1v) is 14.2. The number of fused-ring (bicyclic) bond motifs is 2. The number of hydrogen-bond donors (Lipinski definition) is 1. The van der Waals surface area contributed by atoms with Gasteiger partial charge in [-0.05, 0) is 110 Å². The van der Waals surface area contributed by atoms with Gasteiger partial charge in [0.05, 0.1) is 5.04 Å². The van der Waals surface area contributed by atoms with Gasteiger partial charge in [-0.3, -0.25) is 9.59 Å². The molecule has 1 N–H and O–H groups in total. The van der Waals surface area contributed by atoms with Crippen LogP contribution >= 0.6 is 11.8 Å². The second-order valence-electron chi connectivity index (χ2n) is 13.0. The predicted molar refractivity (Wildman–Crippen MR) is 139 cm³/mol. The van der Waals surface area contributed by atoms with Gasteiger partial charge in [0.1, 0.15) is 15.9 Å². The summed E-state index contributed by atoms with van der Waals surface area (Å²) in [5, 5.41) is 3.77. The molecule has 7 nitrogen and oxygen atoms in total. The number of alkyl carbamates (subject to hydrolysis) is 1. The molecular formula is C27H43N3O4S. The van der Waals surface area contributed by atoms with Crippen molar-refractivity contribution < 1.29 is 19.1 Å². The highest BCUT2D eigenvalue weighted by molar-refractivity contribution is 8.16. The normalized spacial score (nSPS) is 31.6. The molecule has 4 aliphatic rings. The summed E-state index contributed by atoms with van der Waals surface area (Å²) >= 11 is 1.71. The third-order valence-electron chi connectivity index (χ3n) is 8.27. The lowest BCUT2D eigenvalue weighted by molar-refractivity contribution is -0.138. The zero-order valence-electron chi connectivity index (χ0n) is 22.3. The fraction of sp³-hybridized carbons (Fsp3) is 0.852. The first kappa shape index (κ1) is 26.5. The first-order valence-electron chi connectivity index (χ1n) is 13.4. The highest BCUT2D eigenvalue weighted by Gasteiger charge is 2.46. The van der Waals surface area contributed by atoms with Crippen molar-refractivity contribution in [3.63, 3.8) is 0 Å². The number of ether oxygens (including phenoxy) is 1. The Labute approximate surface area is 214 Å². The van der Waals surface area contributed by atoms with Crippen molar-refractivity contribution in [2.75, 3.05) is 13.1 Å². The molecule has 1 unspecified atom stereocenters. The number of likely N-dealkylation sites (tertiary alicyclic amines) is 1. The number of rotatable bonds is 6. The van der Waals surface area contributed by atoms with Crippen LogP contribution < -0.4 is 5.32 Å². The topological polar surface area (TPSA) is 88.1 Å². The van der Waals surface area contributed by atoms with Crippen LogP contribution in [0.2, 0.25) is 0 Å². The summed E-state index contributed by atoms with van der Waals surface area (Å²) in [4.78, 5) is 44.6. The van der Waals surface area contributed by atoms with Gasteiger partial charge in [-0.25, -0.2) is 9.79 Å². The summed E-state index contributed by atoms with van der Waals surface area (Å²) in [7, 11) is 0. The zero-order valence-corrected chi connectivity index (χ0v) is 23.1. The number of nitrogens with one attached hydrogen (secondary N) is 1. The third kappa shape index (κ3) is 6.23. The summed E-state index contributed by atoms with van der Waals surface area (Å²) < 4.78 is 4.85. The van der Waals surface area contributed by atoms with Crippen LogP contribution in [0.4, 0.5) is 4.79 Å². The van der Waals surface area contributed by atoms with Crippen LogP contribution in [0.1, 0.15) is 92.9 Å². The van der Waals surface area contributed by atoms with Crippen molar-refractivity contribution in [2.45, 2.75) is 109 Å². The number of nitrogens with zero attached hydrogens (tertiary/aromatic N) is 2. The van der Waals surface area contributed by atoms with Crippen LogP contribution in [-0.2, 0) is 14.3 Å². The molecule has 4 atom stereocenters. The minimum atomic E-state index is -1.04. The zero-order chi connectivity index (χ0) is 25.6. The van der Waals surface area contributed by atoms with Crippen LogP contribution in [-0.4, -0.2) is 56.8 Å². The molecule has 0 aromatic heterocycles. The predicted octanol–water partition coefficient (Wildman–Crippen LogP) is 5.18. The fourth-order valence-corrected chi connectivity index (χ4v) is 7.92. The van der Waals surface area contributed by atoms with E-state index in [2.05, 4.69) is 17.2 Å². The van der Waals surface area contributed by atoms with Crippen molar-refractivity contribution in [3.8, 4) is 0 Å². The number of carbonyl (C=O) groups is 3. The van der Waals surface area contributed by atoms with Crippen LogP contribution in [0.15, 0.2) is 4.99 Å². The van der Waals surface area contributed by atoms with Gasteiger partial charge < -0.3 is 15.0 Å². The van der Waals surface area contributed by atoms with Gasteiger partial charge in [0.15, 0.2) is 0 Å². The maximum absolute atomic E-state index is 13.1. The third-order valence-corrected chi connectivity index (χ3v) is 9.56. The molecule has 3 amide bonds. The highest BCUT2D eigenvalue weighted by Crippen LogP contribution is 2.51. The number of amides is 3. The molecule has 0 aromatic rings. The molecule has 2 aliphatic carbocycles. The van der Waals surface area contributed by atoms with E-state index in [1.807, 2.05) is 4.90 Å². The molecule has 0 spiro atoms. The van der Waals surface area contributed by atoms with Gasteiger partial charge in [0.25, 0.3) is 5.91 Å². The second kappa shape index (κ2) is 9.71. The average Bonchev–Trinajstić information content (AvgIpc) is 3.41. The van der Waals surface area contributed by atoms with E-state index in [0.29, 0.717) is 19.0 Å². The van der Waals surface area contributed by atoms with Crippen LogP contribution in [0.5, 0.6) is 0 Å². The highest BCUT2D eigenvalue weighted by atomic mass is 32.2. The Bertz CT molecular complexity index is 887. The molecule has 0 aromatic carbocycles. The van der Waals surface area contributed by atoms with Gasteiger partial charge in [0, 0.05) is 13.1 Å². The maximum Gasteiger partial charge on any atom is 0.408 e. The lowest BCUT2D eigenvalue weighted by Crippen LogP contribution is -2.58. The molecule has 2 aliphatic heterocycles. The average molecular weight is 506 g/mol. The SMILES string of the molecule is CC(C)(C)OC(=O)NC(C)(C)C(=O)N1CCC(CC2(C)SC(C[C@H]3C[C@@H]4CC[C@H]3C4)=NC2=O)CC1. The summed E-state index contributed by atoms with van der Waals surface area (Å²) in [6, 6.07) is 0. The second-order valence-corrected chi connectivity index (χ2v) is 14.6. The Morgan fingerprint density at radius 1 is 1.11 bits per heavy atom. The van der Waals surface area contributed by atoms with Gasteiger partial charge in [-0.15, -0.1) is 0 Å². The van der Waals surface area contributed by atoms with Crippen molar-refractivity contribution in [3.05, 3.63) is 0 Å². The molecule has 2 saturated carbocycles. The number of aliphatic imine (C=N–C) groups is 1. The van der Waals surface area contributed by atoms with E-state index in [9.17, 15) is 14.4 Å². The molecule has 2 heterocycles. The van der Waals surface area contributed by atoms with E-state index in [0.717, 1.165) is 48.5 Å². The van der Waals surface area contributed by atoms with Gasteiger partial charge >= 0.3 is 6.09 Å².